The summed E-state index contributed by atoms with van der Waals surface area (Å²) in [5.74, 6) is 0. The van der Waals surface area contributed by atoms with Crippen molar-refractivity contribution in [1.29, 1.82) is 0 Å². The van der Waals surface area contributed by atoms with Crippen LogP contribution in [0, 0.1) is 0 Å². The number of nitrogens with one attached hydrogen (secondary N) is 1. The van der Waals surface area contributed by atoms with Gasteiger partial charge in [-0.15, -0.1) is 0 Å². The second-order valence-corrected chi connectivity index (χ2v) is 2.29. The van der Waals surface area contributed by atoms with Crippen LogP contribution in [0.1, 0.15) is 5.69 Å². The Hall–Kier alpha value is -1.58. The molecule has 0 bridgehead atoms. The Bertz CT molecular complexity index is 248. The number of nitrogens with zero attached hydrogens (tertiary/aromatic N) is 1. The fourth-order valence-corrected chi connectivity index (χ4v) is 0.839. The minimum atomic E-state index is -1.24. The lowest BCUT2D eigenvalue weighted by molar-refractivity contribution is -0.250. The highest BCUT2D eigenvalue weighted by molar-refractivity contribution is 5.61. The summed E-state index contributed by atoms with van der Waals surface area (Å²) < 4.78 is 0. The van der Waals surface area contributed by atoms with E-state index >= 15 is 0 Å². The molecule has 0 aliphatic heterocycles. The van der Waals surface area contributed by atoms with E-state index in [9.17, 15) is 9.90 Å². The number of amides is 1. The summed E-state index contributed by atoms with van der Waals surface area (Å²) in [7, 11) is 0. The lowest BCUT2D eigenvalue weighted by Crippen LogP contribution is -2.37. The third kappa shape index (κ3) is 3.01. The quantitative estimate of drug-likeness (QED) is 0.660. The van der Waals surface area contributed by atoms with E-state index < -0.39 is 6.09 Å². The molecule has 1 N–H and O–H groups in total. The molecule has 1 heterocycles. The first-order valence-electron chi connectivity index (χ1n) is 3.64. The largest absolute Gasteiger partial charge is 0.530 e. The molecule has 1 aromatic heterocycles. The van der Waals surface area contributed by atoms with Gasteiger partial charge in [0.1, 0.15) is 6.09 Å². The Labute approximate surface area is 70.3 Å². The number of pyridine rings is 1. The Kier molecular flexibility index (Phi) is 3.07. The van der Waals surface area contributed by atoms with E-state index in [1.54, 1.807) is 6.20 Å². The number of hydrogen-bond donors (Lipinski definition) is 1. The van der Waals surface area contributed by atoms with Gasteiger partial charge in [0.25, 0.3) is 0 Å². The molecule has 4 nitrogen and oxygen atoms in total. The van der Waals surface area contributed by atoms with E-state index in [4.69, 9.17) is 0 Å². The molecule has 1 aromatic rings. The predicted octanol–water partition coefficient (Wildman–Crippen LogP) is -0.443. The minimum absolute atomic E-state index is 0.347. The van der Waals surface area contributed by atoms with Crippen molar-refractivity contribution >= 4 is 6.09 Å². The Morgan fingerprint density at radius 3 is 3.00 bits per heavy atom. The maximum absolute atomic E-state index is 9.95. The summed E-state index contributed by atoms with van der Waals surface area (Å²) in [6, 6.07) is 5.52. The third-order valence-electron chi connectivity index (χ3n) is 1.38. The Morgan fingerprint density at radius 2 is 2.42 bits per heavy atom. The highest BCUT2D eigenvalue weighted by Crippen LogP contribution is 1.92. The van der Waals surface area contributed by atoms with Crippen molar-refractivity contribution in [3.63, 3.8) is 0 Å². The third-order valence-corrected chi connectivity index (χ3v) is 1.38. The number of hydrogen-bond acceptors (Lipinski definition) is 3. The van der Waals surface area contributed by atoms with Gasteiger partial charge in [-0.05, 0) is 12.1 Å². The van der Waals surface area contributed by atoms with Crippen LogP contribution >= 0.6 is 0 Å². The first kappa shape index (κ1) is 8.52. The second kappa shape index (κ2) is 4.33. The average molecular weight is 165 g/mol. The lowest BCUT2D eigenvalue weighted by Gasteiger charge is -2.04. The Balaban J connectivity index is 2.29. The molecule has 0 atom stereocenters. The van der Waals surface area contributed by atoms with E-state index in [1.807, 2.05) is 18.2 Å². The highest BCUT2D eigenvalue weighted by Gasteiger charge is 1.91. The van der Waals surface area contributed by atoms with Crippen LogP contribution in [-0.4, -0.2) is 17.6 Å². The summed E-state index contributed by atoms with van der Waals surface area (Å²) in [5.41, 5.74) is 0.867. The van der Waals surface area contributed by atoms with Crippen LogP contribution in [0.5, 0.6) is 0 Å². The molecule has 12 heavy (non-hydrogen) atoms. The van der Waals surface area contributed by atoms with Crippen LogP contribution < -0.4 is 10.4 Å². The van der Waals surface area contributed by atoms with E-state index in [0.717, 1.165) is 5.69 Å². The van der Waals surface area contributed by atoms with Crippen LogP contribution in [-0.2, 0) is 6.42 Å². The van der Waals surface area contributed by atoms with Gasteiger partial charge in [0.15, 0.2) is 0 Å². The van der Waals surface area contributed by atoms with Crippen molar-refractivity contribution in [3.8, 4) is 0 Å². The van der Waals surface area contributed by atoms with E-state index in [0.29, 0.717) is 13.0 Å². The fourth-order valence-electron chi connectivity index (χ4n) is 0.839. The normalized spacial score (nSPS) is 9.33. The van der Waals surface area contributed by atoms with Gasteiger partial charge in [0.05, 0.1) is 0 Å². The smallest absolute Gasteiger partial charge is 0.134 e. The van der Waals surface area contributed by atoms with Gasteiger partial charge < -0.3 is 15.2 Å². The molecular weight excluding hydrogens is 156 g/mol. The van der Waals surface area contributed by atoms with Gasteiger partial charge in [-0.2, -0.15) is 0 Å². The van der Waals surface area contributed by atoms with Gasteiger partial charge in [0, 0.05) is 24.9 Å². The van der Waals surface area contributed by atoms with Crippen molar-refractivity contribution in [1.82, 2.24) is 10.3 Å². The summed E-state index contributed by atoms with van der Waals surface area (Å²) >= 11 is 0. The topological polar surface area (TPSA) is 65.0 Å². The zero-order valence-corrected chi connectivity index (χ0v) is 6.49. The SMILES string of the molecule is O=C([O-])NCCc1ccccn1. The molecule has 0 aliphatic rings. The van der Waals surface area contributed by atoms with Gasteiger partial charge in [0.2, 0.25) is 0 Å². The van der Waals surface area contributed by atoms with Crippen LogP contribution in [0.25, 0.3) is 0 Å². The van der Waals surface area contributed by atoms with Crippen molar-refractivity contribution < 1.29 is 9.90 Å². The Morgan fingerprint density at radius 1 is 1.58 bits per heavy atom. The summed E-state index contributed by atoms with van der Waals surface area (Å²) in [4.78, 5) is 14.0. The molecule has 0 saturated heterocycles. The second-order valence-electron chi connectivity index (χ2n) is 2.29. The lowest BCUT2D eigenvalue weighted by atomic mass is 10.3. The molecule has 0 spiro atoms. The molecule has 0 saturated carbocycles. The molecule has 64 valence electrons. The van der Waals surface area contributed by atoms with Crippen LogP contribution in [0.4, 0.5) is 4.79 Å². The standard InChI is InChI=1S/C8H10N2O2/c11-8(12)10-6-4-7-3-1-2-5-9-7/h1-3,5,10H,4,6H2,(H,11,12)/p-1. The molecule has 1 rings (SSSR count). The number of aromatic nitrogens is 1. The molecule has 0 aliphatic carbocycles. The van der Waals surface area contributed by atoms with E-state index in [-0.39, 0.29) is 0 Å². The van der Waals surface area contributed by atoms with E-state index in [2.05, 4.69) is 10.3 Å². The maximum atomic E-state index is 9.95. The zero-order valence-electron chi connectivity index (χ0n) is 6.49. The summed E-state index contributed by atoms with van der Waals surface area (Å²) in [6.45, 7) is 0.347. The number of carbonyl (C=O) groups is 1. The van der Waals surface area contributed by atoms with Crippen LogP contribution in [0.3, 0.4) is 0 Å². The molecule has 0 unspecified atom stereocenters. The molecule has 4 heteroatoms. The molecular formula is C8H9N2O2-. The minimum Gasteiger partial charge on any atom is -0.530 e. The monoisotopic (exact) mass is 165 g/mol. The van der Waals surface area contributed by atoms with E-state index in [1.165, 1.54) is 0 Å². The van der Waals surface area contributed by atoms with Gasteiger partial charge in [-0.1, -0.05) is 6.07 Å². The first-order chi connectivity index (χ1) is 5.79. The molecule has 0 radical (unpaired) electrons. The van der Waals surface area contributed by atoms with Crippen LogP contribution in [0.15, 0.2) is 24.4 Å². The number of carbonyl (C=O) groups excluding carboxylic acids is 1. The van der Waals surface area contributed by atoms with Crippen molar-refractivity contribution in [2.24, 2.45) is 0 Å². The first-order valence-corrected chi connectivity index (χ1v) is 3.64. The maximum Gasteiger partial charge on any atom is 0.134 e. The van der Waals surface area contributed by atoms with Crippen LogP contribution in [0.2, 0.25) is 0 Å². The van der Waals surface area contributed by atoms with Crippen molar-refractivity contribution in [2.75, 3.05) is 6.54 Å². The molecule has 0 aromatic carbocycles. The van der Waals surface area contributed by atoms with Crippen molar-refractivity contribution in [3.05, 3.63) is 30.1 Å². The van der Waals surface area contributed by atoms with Gasteiger partial charge >= 0.3 is 0 Å². The van der Waals surface area contributed by atoms with Gasteiger partial charge in [-0.3, -0.25) is 4.98 Å². The average Bonchev–Trinajstić information content (AvgIpc) is 2.05. The molecule has 0 fully saturated rings. The zero-order chi connectivity index (χ0) is 8.81. The number of carboxylic acid groups (broad SMARTS) is 1. The summed E-state index contributed by atoms with van der Waals surface area (Å²) in [6.07, 6.45) is 1.02. The predicted molar refractivity (Wildman–Crippen MR) is 41.3 cm³/mol. The summed E-state index contributed by atoms with van der Waals surface area (Å²) in [5, 5.41) is 12.1. The van der Waals surface area contributed by atoms with Crippen molar-refractivity contribution in [2.45, 2.75) is 6.42 Å². The molecule has 1 amide bonds. The fraction of sp³-hybridized carbons (Fsp3) is 0.250. The number of rotatable bonds is 3. The highest BCUT2D eigenvalue weighted by atomic mass is 16.4. The van der Waals surface area contributed by atoms with Gasteiger partial charge in [-0.25, -0.2) is 0 Å².